The van der Waals surface area contributed by atoms with Gasteiger partial charge in [0.25, 0.3) is 0 Å². The summed E-state index contributed by atoms with van der Waals surface area (Å²) in [4.78, 5) is 13.0. The molecular weight excluding hydrogens is 186 g/mol. The van der Waals surface area contributed by atoms with E-state index < -0.39 is 5.97 Å². The number of H-pyrrole nitrogens is 1. The fourth-order valence-corrected chi connectivity index (χ4v) is 0.746. The lowest BCUT2D eigenvalue weighted by molar-refractivity contribution is 0.0690. The molecule has 0 aromatic carbocycles. The molecule has 0 radical (unpaired) electrons. The van der Waals surface area contributed by atoms with Gasteiger partial charge < -0.3 is 5.11 Å². The first-order chi connectivity index (χ1) is 6.75. The van der Waals surface area contributed by atoms with Crippen molar-refractivity contribution in [3.63, 3.8) is 0 Å². The number of azide groups is 1. The van der Waals surface area contributed by atoms with Crippen LogP contribution < -0.4 is 0 Å². The van der Waals surface area contributed by atoms with Gasteiger partial charge in [-0.2, -0.15) is 5.10 Å². The zero-order chi connectivity index (χ0) is 10.4. The fourth-order valence-electron chi connectivity index (χ4n) is 0.746. The summed E-state index contributed by atoms with van der Waals surface area (Å²) in [5, 5.41) is 17.6. The zero-order valence-electron chi connectivity index (χ0n) is 6.93. The monoisotopic (exact) mass is 191 g/mol. The first-order valence-electron chi connectivity index (χ1n) is 3.52. The Bertz CT molecular complexity index is 446. The number of carbonyl (C=O) groups is 1. The molecule has 0 fully saturated rings. The van der Waals surface area contributed by atoms with Crippen LogP contribution in [0.15, 0.2) is 11.3 Å². The number of carboxylic acid groups (broad SMARTS) is 1. The van der Waals surface area contributed by atoms with Crippen molar-refractivity contribution in [1.29, 1.82) is 0 Å². The Balaban J connectivity index is 2.84. The maximum absolute atomic E-state index is 10.6. The number of aromatic carboxylic acids is 1. The van der Waals surface area contributed by atoms with Crippen LogP contribution in [0.25, 0.3) is 10.4 Å². The molecule has 0 spiro atoms. The molecule has 1 aromatic rings. The van der Waals surface area contributed by atoms with E-state index in [9.17, 15) is 4.79 Å². The van der Waals surface area contributed by atoms with Gasteiger partial charge in [-0.05, 0) is 5.53 Å². The van der Waals surface area contributed by atoms with Crippen LogP contribution in [0.1, 0.15) is 16.1 Å². The molecule has 0 atom stereocenters. The van der Waals surface area contributed by atoms with Crippen molar-refractivity contribution in [2.24, 2.45) is 5.11 Å². The summed E-state index contributed by atoms with van der Waals surface area (Å²) in [5.74, 6) is 3.88. The molecule has 7 heteroatoms. The summed E-state index contributed by atoms with van der Waals surface area (Å²) < 4.78 is 0. The van der Waals surface area contributed by atoms with Crippen LogP contribution in [0.2, 0.25) is 0 Å². The Morgan fingerprint density at radius 3 is 3.29 bits per heavy atom. The number of aromatic amines is 1. The van der Waals surface area contributed by atoms with Crippen LogP contribution in [0.3, 0.4) is 0 Å². The molecule has 1 rings (SSSR count). The molecule has 0 amide bonds. The number of hydrogen-bond acceptors (Lipinski definition) is 3. The van der Waals surface area contributed by atoms with Gasteiger partial charge >= 0.3 is 5.97 Å². The molecule has 0 saturated heterocycles. The second kappa shape index (κ2) is 4.54. The average Bonchev–Trinajstić information content (AvgIpc) is 2.60. The van der Waals surface area contributed by atoms with Gasteiger partial charge in [0.05, 0.1) is 18.3 Å². The highest BCUT2D eigenvalue weighted by Crippen LogP contribution is 2.01. The van der Waals surface area contributed by atoms with Crippen molar-refractivity contribution in [3.8, 4) is 11.8 Å². The van der Waals surface area contributed by atoms with Crippen molar-refractivity contribution in [1.82, 2.24) is 10.2 Å². The number of nitrogens with zero attached hydrogens (tertiary/aromatic N) is 4. The molecule has 0 aliphatic rings. The van der Waals surface area contributed by atoms with Crippen LogP contribution >= 0.6 is 0 Å². The molecule has 14 heavy (non-hydrogen) atoms. The van der Waals surface area contributed by atoms with E-state index in [1.54, 1.807) is 0 Å². The summed E-state index contributed by atoms with van der Waals surface area (Å²) in [5.41, 5.74) is 8.14. The molecule has 0 bridgehead atoms. The lowest BCUT2D eigenvalue weighted by Gasteiger charge is -1.86. The minimum atomic E-state index is -1.13. The molecule has 0 aliphatic heterocycles. The Morgan fingerprint density at radius 1 is 1.86 bits per heavy atom. The van der Waals surface area contributed by atoms with Gasteiger partial charge in [-0.1, -0.05) is 17.0 Å². The van der Waals surface area contributed by atoms with Crippen LogP contribution in [0.5, 0.6) is 0 Å². The maximum atomic E-state index is 10.6. The predicted molar refractivity (Wildman–Crippen MR) is 46.4 cm³/mol. The second-order valence-corrected chi connectivity index (χ2v) is 2.15. The quantitative estimate of drug-likeness (QED) is 0.311. The largest absolute Gasteiger partial charge is 0.476 e. The van der Waals surface area contributed by atoms with Crippen LogP contribution in [-0.4, -0.2) is 27.8 Å². The summed E-state index contributed by atoms with van der Waals surface area (Å²) in [6, 6.07) is 0. The molecular formula is C7H5N5O2. The van der Waals surface area contributed by atoms with Gasteiger partial charge in [0, 0.05) is 4.91 Å². The Morgan fingerprint density at radius 2 is 2.64 bits per heavy atom. The van der Waals surface area contributed by atoms with E-state index in [0.29, 0.717) is 0 Å². The van der Waals surface area contributed by atoms with Gasteiger partial charge in [0.1, 0.15) is 0 Å². The van der Waals surface area contributed by atoms with E-state index in [4.69, 9.17) is 10.6 Å². The molecule has 0 saturated carbocycles. The normalized spacial score (nSPS) is 8.29. The summed E-state index contributed by atoms with van der Waals surface area (Å²) in [6.07, 6.45) is 1.30. The first-order valence-corrected chi connectivity index (χ1v) is 3.52. The Labute approximate surface area is 78.4 Å². The Hall–Kier alpha value is -2.45. The smallest absolute Gasteiger partial charge is 0.355 e. The minimum Gasteiger partial charge on any atom is -0.476 e. The van der Waals surface area contributed by atoms with E-state index in [2.05, 4.69) is 32.1 Å². The number of hydrogen-bond donors (Lipinski definition) is 2. The van der Waals surface area contributed by atoms with Crippen molar-refractivity contribution < 1.29 is 9.90 Å². The molecule has 70 valence electrons. The third-order valence-electron chi connectivity index (χ3n) is 1.29. The third-order valence-corrected chi connectivity index (χ3v) is 1.29. The van der Waals surface area contributed by atoms with Crippen molar-refractivity contribution in [2.45, 2.75) is 0 Å². The van der Waals surface area contributed by atoms with Crippen molar-refractivity contribution in [2.75, 3.05) is 6.54 Å². The third kappa shape index (κ3) is 2.27. The Kier molecular flexibility index (Phi) is 3.13. The van der Waals surface area contributed by atoms with Crippen molar-refractivity contribution in [3.05, 3.63) is 27.9 Å². The number of nitrogens with one attached hydrogen (secondary N) is 1. The summed E-state index contributed by atoms with van der Waals surface area (Å²) in [7, 11) is 0. The fraction of sp³-hybridized carbons (Fsp3) is 0.143. The number of rotatable bonds is 2. The zero-order valence-corrected chi connectivity index (χ0v) is 6.93. The van der Waals surface area contributed by atoms with E-state index >= 15 is 0 Å². The van der Waals surface area contributed by atoms with Gasteiger partial charge in [-0.15, -0.1) is 0 Å². The van der Waals surface area contributed by atoms with E-state index in [1.165, 1.54) is 6.20 Å². The van der Waals surface area contributed by atoms with Gasteiger partial charge in [-0.25, -0.2) is 4.79 Å². The van der Waals surface area contributed by atoms with Crippen LogP contribution in [0.4, 0.5) is 0 Å². The lowest BCUT2D eigenvalue weighted by Crippen LogP contribution is -1.99. The van der Waals surface area contributed by atoms with E-state index in [-0.39, 0.29) is 17.8 Å². The van der Waals surface area contributed by atoms with Gasteiger partial charge in [0.15, 0.2) is 5.69 Å². The minimum absolute atomic E-state index is 0.000733. The van der Waals surface area contributed by atoms with Gasteiger partial charge in [0.2, 0.25) is 0 Å². The molecule has 0 aliphatic carbocycles. The van der Waals surface area contributed by atoms with Crippen LogP contribution in [0, 0.1) is 11.8 Å². The average molecular weight is 191 g/mol. The summed E-state index contributed by atoms with van der Waals surface area (Å²) >= 11 is 0. The second-order valence-electron chi connectivity index (χ2n) is 2.15. The molecule has 1 aromatic heterocycles. The lowest BCUT2D eigenvalue weighted by atomic mass is 10.2. The van der Waals surface area contributed by atoms with Crippen LogP contribution in [-0.2, 0) is 0 Å². The van der Waals surface area contributed by atoms with Gasteiger partial charge in [-0.3, -0.25) is 5.10 Å². The molecule has 7 nitrogen and oxygen atoms in total. The first kappa shape index (κ1) is 9.64. The van der Waals surface area contributed by atoms with E-state index in [0.717, 1.165) is 0 Å². The highest BCUT2D eigenvalue weighted by molar-refractivity contribution is 5.88. The number of carboxylic acids is 1. The highest BCUT2D eigenvalue weighted by Gasteiger charge is 2.09. The standard InChI is InChI=1S/C7H5N5O2/c8-12-9-3-1-2-5-4-10-11-6(5)7(13)14/h4H,3H2,(H,10,11)(H,13,14). The predicted octanol–water partition coefficient (Wildman–Crippen LogP) is 0.770. The van der Waals surface area contributed by atoms with E-state index in [1.807, 2.05) is 0 Å². The highest BCUT2D eigenvalue weighted by atomic mass is 16.4. The molecule has 2 N–H and O–H groups in total. The SMILES string of the molecule is [N-]=[N+]=NCC#Cc1cn[nH]c1C(=O)O. The van der Waals surface area contributed by atoms with Crippen molar-refractivity contribution >= 4 is 5.97 Å². The topological polar surface area (TPSA) is 115 Å². The maximum Gasteiger partial charge on any atom is 0.355 e. The summed E-state index contributed by atoms with van der Waals surface area (Å²) in [6.45, 7) is 0.000733. The molecule has 1 heterocycles. The number of aromatic nitrogens is 2. The molecule has 0 unspecified atom stereocenters.